The molecule has 2 unspecified atom stereocenters. The average Bonchev–Trinajstić information content (AvgIpc) is 2.61. The van der Waals surface area contributed by atoms with Gasteiger partial charge in [-0.05, 0) is 11.8 Å². The Morgan fingerprint density at radius 1 is 1.38 bits per heavy atom. The molecule has 3 N–H and O–H groups in total. The van der Waals surface area contributed by atoms with Crippen LogP contribution in [0.5, 0.6) is 0 Å². The molecule has 2 heterocycles. The summed E-state index contributed by atoms with van der Waals surface area (Å²) >= 11 is 0. The van der Waals surface area contributed by atoms with Crippen molar-refractivity contribution in [3.8, 4) is 0 Å². The molecule has 1 fully saturated rings. The lowest BCUT2D eigenvalue weighted by molar-refractivity contribution is 0.494. The number of nitrogens with zero attached hydrogens (tertiary/aromatic N) is 3. The molecule has 1 aromatic rings. The van der Waals surface area contributed by atoms with Crippen LogP contribution < -0.4 is 10.6 Å². The minimum Gasteiger partial charge on any atom is -0.368 e. The van der Waals surface area contributed by atoms with Crippen molar-refractivity contribution in [1.29, 1.82) is 0 Å². The van der Waals surface area contributed by atoms with Crippen molar-refractivity contribution in [2.45, 2.75) is 13.8 Å². The van der Waals surface area contributed by atoms with E-state index in [9.17, 15) is 0 Å². The lowest BCUT2D eigenvalue weighted by atomic mass is 10.0. The van der Waals surface area contributed by atoms with E-state index in [1.54, 1.807) is 0 Å². The van der Waals surface area contributed by atoms with Gasteiger partial charge in [-0.3, -0.25) is 0 Å². The van der Waals surface area contributed by atoms with Gasteiger partial charge >= 0.3 is 0 Å². The molecule has 1 saturated heterocycles. The Labute approximate surface area is 77.3 Å². The van der Waals surface area contributed by atoms with Gasteiger partial charge in [0.1, 0.15) is 0 Å². The fourth-order valence-electron chi connectivity index (χ4n) is 1.70. The zero-order valence-corrected chi connectivity index (χ0v) is 7.99. The fourth-order valence-corrected chi connectivity index (χ4v) is 1.70. The van der Waals surface area contributed by atoms with Crippen LogP contribution in [0.25, 0.3) is 0 Å². The Morgan fingerprint density at radius 2 is 2.00 bits per heavy atom. The highest BCUT2D eigenvalue weighted by Crippen LogP contribution is 2.25. The molecule has 5 heteroatoms. The third kappa shape index (κ3) is 1.46. The van der Waals surface area contributed by atoms with Gasteiger partial charge in [-0.15, -0.1) is 5.10 Å². The van der Waals surface area contributed by atoms with Crippen LogP contribution in [0.1, 0.15) is 13.8 Å². The van der Waals surface area contributed by atoms with Gasteiger partial charge in [0.15, 0.2) is 0 Å². The topological polar surface area (TPSA) is 70.8 Å². The van der Waals surface area contributed by atoms with E-state index in [1.807, 2.05) is 0 Å². The van der Waals surface area contributed by atoms with Crippen LogP contribution >= 0.6 is 0 Å². The summed E-state index contributed by atoms with van der Waals surface area (Å²) in [5.41, 5.74) is 5.46. The summed E-state index contributed by atoms with van der Waals surface area (Å²) in [4.78, 5) is 6.27. The molecule has 0 aromatic carbocycles. The van der Waals surface area contributed by atoms with E-state index < -0.39 is 0 Å². The van der Waals surface area contributed by atoms with E-state index >= 15 is 0 Å². The highest BCUT2D eigenvalue weighted by molar-refractivity contribution is 5.35. The Balaban J connectivity index is 2.11. The number of aromatic amines is 1. The summed E-state index contributed by atoms with van der Waals surface area (Å²) in [5, 5.41) is 6.68. The summed E-state index contributed by atoms with van der Waals surface area (Å²) in [6, 6.07) is 0. The first kappa shape index (κ1) is 8.34. The van der Waals surface area contributed by atoms with E-state index in [-0.39, 0.29) is 0 Å². The van der Waals surface area contributed by atoms with Gasteiger partial charge in [0.25, 0.3) is 0 Å². The van der Waals surface area contributed by atoms with E-state index in [2.05, 4.69) is 33.9 Å². The standard InChI is InChI=1S/C8H15N5/c1-5-3-13(4-6(5)2)8-10-7(9)11-12-8/h5-6H,3-4H2,1-2H3,(H3,9,10,11,12). The van der Waals surface area contributed by atoms with Crippen molar-refractivity contribution >= 4 is 11.9 Å². The maximum atomic E-state index is 5.46. The van der Waals surface area contributed by atoms with Crippen molar-refractivity contribution in [2.24, 2.45) is 11.8 Å². The molecular weight excluding hydrogens is 166 g/mol. The summed E-state index contributed by atoms with van der Waals surface area (Å²) < 4.78 is 0. The van der Waals surface area contributed by atoms with Crippen LogP contribution in [0.15, 0.2) is 0 Å². The van der Waals surface area contributed by atoms with E-state index in [1.165, 1.54) is 0 Å². The molecule has 2 atom stereocenters. The third-order valence-electron chi connectivity index (χ3n) is 2.76. The largest absolute Gasteiger partial charge is 0.368 e. The summed E-state index contributed by atoms with van der Waals surface area (Å²) in [7, 11) is 0. The average molecular weight is 181 g/mol. The highest BCUT2D eigenvalue weighted by Gasteiger charge is 2.28. The maximum absolute atomic E-state index is 5.46. The van der Waals surface area contributed by atoms with Gasteiger partial charge in [0.05, 0.1) is 0 Å². The van der Waals surface area contributed by atoms with Gasteiger partial charge in [0, 0.05) is 13.1 Å². The molecule has 2 rings (SSSR count). The smallest absolute Gasteiger partial charge is 0.246 e. The van der Waals surface area contributed by atoms with Gasteiger partial charge in [-0.2, -0.15) is 4.98 Å². The fraction of sp³-hybridized carbons (Fsp3) is 0.750. The Morgan fingerprint density at radius 3 is 2.46 bits per heavy atom. The lowest BCUT2D eigenvalue weighted by Gasteiger charge is -2.11. The number of hydrogen-bond acceptors (Lipinski definition) is 4. The summed E-state index contributed by atoms with van der Waals surface area (Å²) in [6.45, 7) is 6.55. The molecule has 0 amide bonds. The number of nitrogen functional groups attached to an aromatic ring is 1. The first-order chi connectivity index (χ1) is 6.16. The zero-order chi connectivity index (χ0) is 9.42. The summed E-state index contributed by atoms with van der Waals surface area (Å²) in [5.74, 6) is 2.54. The SMILES string of the molecule is CC1CN(c2n[nH]c(N)n2)CC1C. The minimum absolute atomic E-state index is 0.391. The normalized spacial score (nSPS) is 28.3. The lowest BCUT2D eigenvalue weighted by Crippen LogP contribution is -2.20. The van der Waals surface area contributed by atoms with E-state index in [0.717, 1.165) is 19.0 Å². The Bertz CT molecular complexity index is 284. The molecule has 0 bridgehead atoms. The molecule has 1 aliphatic rings. The molecule has 0 radical (unpaired) electrons. The first-order valence-corrected chi connectivity index (χ1v) is 4.59. The predicted octanol–water partition coefficient (Wildman–Crippen LogP) is 0.479. The molecule has 0 saturated carbocycles. The molecule has 13 heavy (non-hydrogen) atoms. The first-order valence-electron chi connectivity index (χ1n) is 4.59. The van der Waals surface area contributed by atoms with Gasteiger partial charge in [0.2, 0.25) is 11.9 Å². The number of rotatable bonds is 1. The second kappa shape index (κ2) is 2.90. The maximum Gasteiger partial charge on any atom is 0.246 e. The number of nitrogens with two attached hydrogens (primary N) is 1. The number of nitrogens with one attached hydrogen (secondary N) is 1. The Kier molecular flexibility index (Phi) is 1.86. The van der Waals surface area contributed by atoms with Crippen LogP contribution in [-0.4, -0.2) is 28.3 Å². The zero-order valence-electron chi connectivity index (χ0n) is 7.99. The molecule has 1 aromatic heterocycles. The number of hydrogen-bond donors (Lipinski definition) is 2. The van der Waals surface area contributed by atoms with Crippen LogP contribution in [-0.2, 0) is 0 Å². The van der Waals surface area contributed by atoms with Crippen LogP contribution in [0.4, 0.5) is 11.9 Å². The number of H-pyrrole nitrogens is 1. The second-order valence-electron chi connectivity index (χ2n) is 3.88. The second-order valence-corrected chi connectivity index (χ2v) is 3.88. The van der Waals surface area contributed by atoms with E-state index in [0.29, 0.717) is 17.8 Å². The van der Waals surface area contributed by atoms with Crippen molar-refractivity contribution in [3.05, 3.63) is 0 Å². The third-order valence-corrected chi connectivity index (χ3v) is 2.76. The molecule has 72 valence electrons. The van der Waals surface area contributed by atoms with Crippen molar-refractivity contribution in [1.82, 2.24) is 15.2 Å². The van der Waals surface area contributed by atoms with Crippen molar-refractivity contribution < 1.29 is 0 Å². The Hall–Kier alpha value is -1.26. The predicted molar refractivity (Wildman–Crippen MR) is 51.3 cm³/mol. The van der Waals surface area contributed by atoms with Crippen LogP contribution in [0.2, 0.25) is 0 Å². The number of anilines is 2. The highest BCUT2D eigenvalue weighted by atomic mass is 15.4. The van der Waals surface area contributed by atoms with Crippen molar-refractivity contribution in [2.75, 3.05) is 23.7 Å². The van der Waals surface area contributed by atoms with Gasteiger partial charge in [-0.1, -0.05) is 13.8 Å². The van der Waals surface area contributed by atoms with Crippen LogP contribution in [0, 0.1) is 11.8 Å². The van der Waals surface area contributed by atoms with Gasteiger partial charge in [-0.25, -0.2) is 5.10 Å². The van der Waals surface area contributed by atoms with Crippen LogP contribution in [0.3, 0.4) is 0 Å². The monoisotopic (exact) mass is 181 g/mol. The molecule has 1 aliphatic heterocycles. The quantitative estimate of drug-likeness (QED) is 0.661. The molecule has 0 aliphatic carbocycles. The molecule has 0 spiro atoms. The van der Waals surface area contributed by atoms with Gasteiger partial charge < -0.3 is 10.6 Å². The minimum atomic E-state index is 0.391. The van der Waals surface area contributed by atoms with Crippen molar-refractivity contribution in [3.63, 3.8) is 0 Å². The molecule has 5 nitrogen and oxygen atoms in total. The van der Waals surface area contributed by atoms with E-state index in [4.69, 9.17) is 5.73 Å². The molecular formula is C8H15N5. The number of aromatic nitrogens is 3. The summed E-state index contributed by atoms with van der Waals surface area (Å²) in [6.07, 6.45) is 0.